The van der Waals surface area contributed by atoms with Crippen molar-refractivity contribution in [2.24, 2.45) is 0 Å². The maximum absolute atomic E-state index is 10.4. The van der Waals surface area contributed by atoms with Crippen LogP contribution in [0.5, 0.6) is 5.75 Å². The summed E-state index contributed by atoms with van der Waals surface area (Å²) in [6, 6.07) is 8.21. The highest BCUT2D eigenvalue weighted by Gasteiger charge is 2.29. The standard InChI is InChI=1S/C13H19NO2/c1-13(15,9-14-10-7-8-10)11-5-3-4-6-12(11)16-2/h3-6,10,14-15H,7-9H2,1-2H3. The lowest BCUT2D eigenvalue weighted by Gasteiger charge is -2.26. The van der Waals surface area contributed by atoms with Crippen LogP contribution in [-0.2, 0) is 5.60 Å². The van der Waals surface area contributed by atoms with Crippen LogP contribution >= 0.6 is 0 Å². The van der Waals surface area contributed by atoms with Gasteiger partial charge in [-0.3, -0.25) is 0 Å². The van der Waals surface area contributed by atoms with Crippen molar-refractivity contribution >= 4 is 0 Å². The molecule has 2 N–H and O–H groups in total. The monoisotopic (exact) mass is 221 g/mol. The molecule has 88 valence electrons. The van der Waals surface area contributed by atoms with E-state index in [9.17, 15) is 5.11 Å². The summed E-state index contributed by atoms with van der Waals surface area (Å²) in [7, 11) is 1.63. The van der Waals surface area contributed by atoms with E-state index in [1.54, 1.807) is 7.11 Å². The van der Waals surface area contributed by atoms with Crippen LogP contribution in [0, 0.1) is 0 Å². The number of para-hydroxylation sites is 1. The number of hydrogen-bond donors (Lipinski definition) is 2. The predicted octanol–water partition coefficient (Wildman–Crippen LogP) is 1.65. The first-order chi connectivity index (χ1) is 7.63. The van der Waals surface area contributed by atoms with Crippen LogP contribution in [0.1, 0.15) is 25.3 Å². The largest absolute Gasteiger partial charge is 0.496 e. The Labute approximate surface area is 96.4 Å². The van der Waals surface area contributed by atoms with Gasteiger partial charge in [0.1, 0.15) is 11.4 Å². The van der Waals surface area contributed by atoms with Gasteiger partial charge in [-0.1, -0.05) is 18.2 Å². The highest BCUT2D eigenvalue weighted by Crippen LogP contribution is 2.30. The molecule has 0 saturated heterocycles. The van der Waals surface area contributed by atoms with E-state index in [4.69, 9.17) is 4.74 Å². The Bertz CT molecular complexity index is 359. The maximum Gasteiger partial charge on any atom is 0.124 e. The summed E-state index contributed by atoms with van der Waals surface area (Å²) in [4.78, 5) is 0. The lowest BCUT2D eigenvalue weighted by atomic mass is 9.95. The number of ether oxygens (including phenoxy) is 1. The van der Waals surface area contributed by atoms with Gasteiger partial charge in [0.05, 0.1) is 7.11 Å². The normalized spacial score (nSPS) is 19.2. The van der Waals surface area contributed by atoms with Crippen molar-refractivity contribution in [3.8, 4) is 5.75 Å². The molecule has 1 aliphatic carbocycles. The van der Waals surface area contributed by atoms with Gasteiger partial charge in [-0.25, -0.2) is 0 Å². The second-order valence-electron chi connectivity index (χ2n) is 4.63. The van der Waals surface area contributed by atoms with Crippen molar-refractivity contribution in [2.75, 3.05) is 13.7 Å². The SMILES string of the molecule is COc1ccccc1C(C)(O)CNC1CC1. The topological polar surface area (TPSA) is 41.5 Å². The van der Waals surface area contributed by atoms with Gasteiger partial charge in [0.2, 0.25) is 0 Å². The molecule has 1 aromatic carbocycles. The third-order valence-electron chi connectivity index (χ3n) is 3.00. The van der Waals surface area contributed by atoms with E-state index in [1.165, 1.54) is 12.8 Å². The Hall–Kier alpha value is -1.06. The van der Waals surface area contributed by atoms with Crippen molar-refractivity contribution in [3.05, 3.63) is 29.8 Å². The molecule has 1 aromatic rings. The molecule has 0 bridgehead atoms. The van der Waals surface area contributed by atoms with Gasteiger partial charge in [0.15, 0.2) is 0 Å². The summed E-state index contributed by atoms with van der Waals surface area (Å²) in [5, 5.41) is 13.8. The zero-order valence-electron chi connectivity index (χ0n) is 9.86. The number of rotatable bonds is 5. The molecule has 1 aliphatic rings. The molecule has 0 spiro atoms. The van der Waals surface area contributed by atoms with E-state index in [1.807, 2.05) is 31.2 Å². The highest BCUT2D eigenvalue weighted by molar-refractivity contribution is 5.37. The number of aliphatic hydroxyl groups is 1. The van der Waals surface area contributed by atoms with Gasteiger partial charge < -0.3 is 15.2 Å². The van der Waals surface area contributed by atoms with Crippen LogP contribution in [-0.4, -0.2) is 24.8 Å². The third kappa shape index (κ3) is 2.54. The van der Waals surface area contributed by atoms with E-state index in [2.05, 4.69) is 5.32 Å². The van der Waals surface area contributed by atoms with E-state index < -0.39 is 5.60 Å². The lowest BCUT2D eigenvalue weighted by molar-refractivity contribution is 0.0540. The summed E-state index contributed by atoms with van der Waals surface area (Å²) in [6.07, 6.45) is 2.45. The average molecular weight is 221 g/mol. The first kappa shape index (κ1) is 11.4. The van der Waals surface area contributed by atoms with E-state index in [0.717, 1.165) is 11.3 Å². The molecule has 1 unspecified atom stereocenters. The van der Waals surface area contributed by atoms with Gasteiger partial charge in [-0.05, 0) is 25.8 Å². The maximum atomic E-state index is 10.4. The Morgan fingerprint density at radius 3 is 2.75 bits per heavy atom. The molecule has 16 heavy (non-hydrogen) atoms. The molecule has 3 nitrogen and oxygen atoms in total. The smallest absolute Gasteiger partial charge is 0.124 e. The summed E-state index contributed by atoms with van der Waals surface area (Å²) in [5.41, 5.74) is -0.0412. The molecular formula is C13H19NO2. The van der Waals surface area contributed by atoms with Gasteiger partial charge in [0, 0.05) is 18.2 Å². The Kier molecular flexibility index (Phi) is 3.17. The molecule has 1 atom stereocenters. The Balaban J connectivity index is 2.12. The molecule has 1 saturated carbocycles. The van der Waals surface area contributed by atoms with E-state index in [0.29, 0.717) is 12.6 Å². The minimum Gasteiger partial charge on any atom is -0.496 e. The Morgan fingerprint density at radius 2 is 2.12 bits per heavy atom. The van der Waals surface area contributed by atoms with E-state index >= 15 is 0 Å². The van der Waals surface area contributed by atoms with Crippen molar-refractivity contribution in [1.82, 2.24) is 5.32 Å². The second-order valence-corrected chi connectivity index (χ2v) is 4.63. The molecule has 0 aliphatic heterocycles. The third-order valence-corrected chi connectivity index (χ3v) is 3.00. The fourth-order valence-electron chi connectivity index (χ4n) is 1.82. The van der Waals surface area contributed by atoms with Crippen LogP contribution in [0.3, 0.4) is 0 Å². The molecule has 3 heteroatoms. The quantitative estimate of drug-likeness (QED) is 0.794. The van der Waals surface area contributed by atoms with Crippen LogP contribution in [0.4, 0.5) is 0 Å². The average Bonchev–Trinajstić information content (AvgIpc) is 3.10. The van der Waals surface area contributed by atoms with Gasteiger partial charge in [0.25, 0.3) is 0 Å². The fraction of sp³-hybridized carbons (Fsp3) is 0.538. The molecule has 1 fully saturated rings. The van der Waals surface area contributed by atoms with Gasteiger partial charge in [-0.15, -0.1) is 0 Å². The van der Waals surface area contributed by atoms with Crippen molar-refractivity contribution in [2.45, 2.75) is 31.4 Å². The number of nitrogens with one attached hydrogen (secondary N) is 1. The Morgan fingerprint density at radius 1 is 1.44 bits per heavy atom. The molecular weight excluding hydrogens is 202 g/mol. The zero-order valence-corrected chi connectivity index (χ0v) is 9.86. The summed E-state index contributed by atoms with van der Waals surface area (Å²) in [6.45, 7) is 2.39. The van der Waals surface area contributed by atoms with Crippen molar-refractivity contribution in [1.29, 1.82) is 0 Å². The van der Waals surface area contributed by atoms with Crippen LogP contribution in [0.25, 0.3) is 0 Å². The number of hydrogen-bond acceptors (Lipinski definition) is 3. The van der Waals surface area contributed by atoms with Crippen LogP contribution in [0.15, 0.2) is 24.3 Å². The first-order valence-electron chi connectivity index (χ1n) is 5.73. The molecule has 2 rings (SSSR count). The van der Waals surface area contributed by atoms with Gasteiger partial charge in [-0.2, -0.15) is 0 Å². The summed E-state index contributed by atoms with van der Waals surface area (Å²) < 4.78 is 5.27. The highest BCUT2D eigenvalue weighted by atomic mass is 16.5. The van der Waals surface area contributed by atoms with Crippen LogP contribution < -0.4 is 10.1 Å². The summed E-state index contributed by atoms with van der Waals surface area (Å²) in [5.74, 6) is 0.741. The zero-order chi connectivity index (χ0) is 11.6. The van der Waals surface area contributed by atoms with Crippen molar-refractivity contribution < 1.29 is 9.84 Å². The van der Waals surface area contributed by atoms with Gasteiger partial charge >= 0.3 is 0 Å². The molecule has 0 aromatic heterocycles. The van der Waals surface area contributed by atoms with E-state index in [-0.39, 0.29) is 0 Å². The number of benzene rings is 1. The second kappa shape index (κ2) is 4.44. The van der Waals surface area contributed by atoms with Crippen LogP contribution in [0.2, 0.25) is 0 Å². The molecule has 0 heterocycles. The van der Waals surface area contributed by atoms with Crippen molar-refractivity contribution in [3.63, 3.8) is 0 Å². The minimum absolute atomic E-state index is 0.568. The summed E-state index contributed by atoms with van der Waals surface area (Å²) >= 11 is 0. The molecule has 0 radical (unpaired) electrons. The lowest BCUT2D eigenvalue weighted by Crippen LogP contribution is -2.36. The predicted molar refractivity (Wildman–Crippen MR) is 63.6 cm³/mol. The number of methoxy groups -OCH3 is 1. The minimum atomic E-state index is -0.880. The fourth-order valence-corrected chi connectivity index (χ4v) is 1.82. The first-order valence-corrected chi connectivity index (χ1v) is 5.73. The molecule has 0 amide bonds.